The first-order chi connectivity index (χ1) is 10.6. The Labute approximate surface area is 129 Å². The van der Waals surface area contributed by atoms with Gasteiger partial charge in [-0.3, -0.25) is 0 Å². The van der Waals surface area contributed by atoms with E-state index in [2.05, 4.69) is 0 Å². The van der Waals surface area contributed by atoms with Gasteiger partial charge in [0.1, 0.15) is 11.6 Å². The van der Waals surface area contributed by atoms with E-state index >= 15 is 0 Å². The molecule has 2 aromatic carbocycles. The van der Waals surface area contributed by atoms with Crippen LogP contribution in [0.4, 0.5) is 13.2 Å². The molecular formula is C19H19F3. The van der Waals surface area contributed by atoms with E-state index in [-0.39, 0.29) is 17.8 Å². The molecule has 0 aromatic heterocycles. The van der Waals surface area contributed by atoms with Gasteiger partial charge in [-0.1, -0.05) is 43.3 Å². The van der Waals surface area contributed by atoms with Crippen molar-refractivity contribution in [3.63, 3.8) is 0 Å². The lowest BCUT2D eigenvalue weighted by atomic mass is 10.0. The topological polar surface area (TPSA) is 0 Å². The van der Waals surface area contributed by atoms with Crippen molar-refractivity contribution >= 4 is 5.83 Å². The predicted octanol–water partition coefficient (Wildman–Crippen LogP) is 6.02. The summed E-state index contributed by atoms with van der Waals surface area (Å²) in [6.45, 7) is 1.81. The Morgan fingerprint density at radius 1 is 0.818 bits per heavy atom. The van der Waals surface area contributed by atoms with Gasteiger partial charge < -0.3 is 0 Å². The molecule has 22 heavy (non-hydrogen) atoms. The van der Waals surface area contributed by atoms with Gasteiger partial charge in [0.2, 0.25) is 0 Å². The lowest BCUT2D eigenvalue weighted by molar-refractivity contribution is 0.559. The third-order valence-electron chi connectivity index (χ3n) is 3.53. The van der Waals surface area contributed by atoms with Crippen LogP contribution in [0.1, 0.15) is 36.5 Å². The van der Waals surface area contributed by atoms with Gasteiger partial charge in [0.15, 0.2) is 5.83 Å². The summed E-state index contributed by atoms with van der Waals surface area (Å²) in [5.74, 6) is -1.71. The SMILES string of the molecule is CCC/C(F)=C(/F)c1ccc(CCc2ccc(F)cc2)cc1. The van der Waals surface area contributed by atoms with E-state index in [0.717, 1.165) is 24.0 Å². The molecule has 0 saturated heterocycles. The molecule has 0 saturated carbocycles. The fraction of sp³-hybridized carbons (Fsp3) is 0.263. The van der Waals surface area contributed by atoms with E-state index in [0.29, 0.717) is 6.42 Å². The summed E-state index contributed by atoms with van der Waals surface area (Å²) in [5, 5.41) is 0. The maximum Gasteiger partial charge on any atom is 0.161 e. The molecule has 116 valence electrons. The average Bonchev–Trinajstić information content (AvgIpc) is 2.54. The molecule has 0 amide bonds. The van der Waals surface area contributed by atoms with Gasteiger partial charge in [-0.25, -0.2) is 13.2 Å². The highest BCUT2D eigenvalue weighted by Gasteiger charge is 2.08. The van der Waals surface area contributed by atoms with Crippen molar-refractivity contribution in [1.82, 2.24) is 0 Å². The van der Waals surface area contributed by atoms with Gasteiger partial charge in [-0.15, -0.1) is 0 Å². The van der Waals surface area contributed by atoms with Crippen molar-refractivity contribution in [2.75, 3.05) is 0 Å². The van der Waals surface area contributed by atoms with Crippen molar-refractivity contribution in [3.8, 4) is 0 Å². The second kappa shape index (κ2) is 7.83. The van der Waals surface area contributed by atoms with Crippen LogP contribution < -0.4 is 0 Å². The summed E-state index contributed by atoms with van der Waals surface area (Å²) in [6, 6.07) is 13.2. The summed E-state index contributed by atoms with van der Waals surface area (Å²) in [5.41, 5.74) is 2.36. The first-order valence-electron chi connectivity index (χ1n) is 7.48. The van der Waals surface area contributed by atoms with Crippen LogP contribution in [0.5, 0.6) is 0 Å². The highest BCUT2D eigenvalue weighted by molar-refractivity contribution is 5.61. The van der Waals surface area contributed by atoms with E-state index in [4.69, 9.17) is 0 Å². The van der Waals surface area contributed by atoms with Crippen LogP contribution >= 0.6 is 0 Å². The molecule has 0 nitrogen and oxygen atoms in total. The zero-order chi connectivity index (χ0) is 15.9. The minimum atomic E-state index is -0.771. The molecule has 0 aliphatic carbocycles. The minimum absolute atomic E-state index is 0.123. The van der Waals surface area contributed by atoms with Crippen LogP contribution in [0.2, 0.25) is 0 Å². The molecule has 0 spiro atoms. The monoisotopic (exact) mass is 304 g/mol. The average molecular weight is 304 g/mol. The Balaban J connectivity index is 2.00. The van der Waals surface area contributed by atoms with Gasteiger partial charge in [0.25, 0.3) is 0 Å². The third-order valence-corrected chi connectivity index (χ3v) is 3.53. The predicted molar refractivity (Wildman–Crippen MR) is 84.3 cm³/mol. The van der Waals surface area contributed by atoms with E-state index in [9.17, 15) is 13.2 Å². The van der Waals surface area contributed by atoms with Crippen molar-refractivity contribution in [3.05, 3.63) is 76.9 Å². The van der Waals surface area contributed by atoms with Crippen LogP contribution in [0.15, 0.2) is 54.4 Å². The number of hydrogen-bond donors (Lipinski definition) is 0. The van der Waals surface area contributed by atoms with Gasteiger partial charge in [0, 0.05) is 12.0 Å². The molecule has 0 N–H and O–H groups in total. The Bertz CT molecular complexity index is 625. The highest BCUT2D eigenvalue weighted by Crippen LogP contribution is 2.24. The molecule has 3 heteroatoms. The van der Waals surface area contributed by atoms with Crippen LogP contribution in [-0.4, -0.2) is 0 Å². The van der Waals surface area contributed by atoms with Crippen LogP contribution in [-0.2, 0) is 12.8 Å². The Morgan fingerprint density at radius 2 is 1.32 bits per heavy atom. The molecule has 0 aliphatic rings. The maximum atomic E-state index is 13.8. The fourth-order valence-corrected chi connectivity index (χ4v) is 2.24. The summed E-state index contributed by atoms with van der Waals surface area (Å²) >= 11 is 0. The second-order valence-corrected chi connectivity index (χ2v) is 5.29. The van der Waals surface area contributed by atoms with Gasteiger partial charge >= 0.3 is 0 Å². The van der Waals surface area contributed by atoms with E-state index in [1.165, 1.54) is 12.1 Å². The lowest BCUT2D eigenvalue weighted by Crippen LogP contribution is -1.92. The Morgan fingerprint density at radius 3 is 1.82 bits per heavy atom. The Kier molecular flexibility index (Phi) is 5.82. The maximum absolute atomic E-state index is 13.8. The molecule has 0 fully saturated rings. The first-order valence-corrected chi connectivity index (χ1v) is 7.48. The molecule has 0 unspecified atom stereocenters. The zero-order valence-electron chi connectivity index (χ0n) is 12.6. The summed E-state index contributed by atoms with van der Waals surface area (Å²) in [6.07, 6.45) is 2.25. The van der Waals surface area contributed by atoms with Crippen molar-refractivity contribution < 1.29 is 13.2 Å². The van der Waals surface area contributed by atoms with E-state index in [1.54, 1.807) is 36.4 Å². The quantitative estimate of drug-likeness (QED) is 0.612. The Hall–Kier alpha value is -2.03. The summed E-state index contributed by atoms with van der Waals surface area (Å²) in [4.78, 5) is 0. The smallest absolute Gasteiger partial charge is 0.161 e. The minimum Gasteiger partial charge on any atom is -0.209 e. The standard InChI is InChI=1S/C19H19F3/c1-2-3-18(21)19(22)16-10-6-14(7-11-16)4-5-15-8-12-17(20)13-9-15/h6-13H,2-5H2,1H3/b19-18-. The van der Waals surface area contributed by atoms with E-state index < -0.39 is 11.7 Å². The largest absolute Gasteiger partial charge is 0.209 e. The number of allylic oxidation sites excluding steroid dienone is 1. The van der Waals surface area contributed by atoms with E-state index in [1.807, 2.05) is 6.92 Å². The lowest BCUT2D eigenvalue weighted by Gasteiger charge is -2.05. The third kappa shape index (κ3) is 4.48. The summed E-state index contributed by atoms with van der Waals surface area (Å²) < 4.78 is 40.1. The van der Waals surface area contributed by atoms with Crippen molar-refractivity contribution in [2.24, 2.45) is 0 Å². The summed E-state index contributed by atoms with van der Waals surface area (Å²) in [7, 11) is 0. The fourth-order valence-electron chi connectivity index (χ4n) is 2.24. The molecular weight excluding hydrogens is 285 g/mol. The van der Waals surface area contributed by atoms with Crippen LogP contribution in [0.25, 0.3) is 5.83 Å². The zero-order valence-corrected chi connectivity index (χ0v) is 12.6. The molecule has 0 atom stereocenters. The molecule has 0 bridgehead atoms. The number of hydrogen-bond acceptors (Lipinski definition) is 0. The molecule has 0 aliphatic heterocycles. The van der Waals surface area contributed by atoms with Crippen molar-refractivity contribution in [1.29, 1.82) is 0 Å². The molecule has 0 heterocycles. The van der Waals surface area contributed by atoms with Crippen LogP contribution in [0.3, 0.4) is 0 Å². The number of benzene rings is 2. The number of halogens is 3. The van der Waals surface area contributed by atoms with Gasteiger partial charge in [-0.05, 0) is 42.5 Å². The molecule has 2 aromatic rings. The highest BCUT2D eigenvalue weighted by atomic mass is 19.2. The number of rotatable bonds is 6. The molecule has 2 rings (SSSR count). The normalized spacial score (nSPS) is 12.2. The van der Waals surface area contributed by atoms with Crippen LogP contribution in [0, 0.1) is 5.82 Å². The van der Waals surface area contributed by atoms with Gasteiger partial charge in [0.05, 0.1) is 0 Å². The van der Waals surface area contributed by atoms with Gasteiger partial charge in [-0.2, -0.15) is 0 Å². The first kappa shape index (κ1) is 16.3. The number of aryl methyl sites for hydroxylation is 2. The second-order valence-electron chi connectivity index (χ2n) is 5.29. The van der Waals surface area contributed by atoms with Crippen molar-refractivity contribution in [2.45, 2.75) is 32.6 Å². The molecule has 0 radical (unpaired) electrons.